The van der Waals surface area contributed by atoms with E-state index in [9.17, 15) is 4.79 Å². The monoisotopic (exact) mass is 329 g/mol. The van der Waals surface area contributed by atoms with Crippen molar-refractivity contribution in [1.29, 1.82) is 0 Å². The Kier molecular flexibility index (Phi) is 5.88. The third kappa shape index (κ3) is 4.15. The van der Waals surface area contributed by atoms with Crippen LogP contribution < -0.4 is 5.32 Å². The van der Waals surface area contributed by atoms with Gasteiger partial charge in [0.2, 0.25) is 5.91 Å². The lowest BCUT2D eigenvalue weighted by molar-refractivity contribution is -0.120. The molecule has 2 heterocycles. The van der Waals surface area contributed by atoms with Crippen LogP contribution in [0.2, 0.25) is 0 Å². The Morgan fingerprint density at radius 3 is 2.75 bits per heavy atom. The summed E-state index contributed by atoms with van der Waals surface area (Å²) in [5.74, 6) is 0.107. The largest absolute Gasteiger partial charge is 0.359 e. The van der Waals surface area contributed by atoms with Crippen molar-refractivity contribution in [3.05, 3.63) is 29.1 Å². The number of nitrogens with one attached hydrogen (secondary N) is 1. The van der Waals surface area contributed by atoms with Crippen LogP contribution in [-0.2, 0) is 11.2 Å². The van der Waals surface area contributed by atoms with E-state index in [-0.39, 0.29) is 5.91 Å². The highest BCUT2D eigenvalue weighted by molar-refractivity contribution is 5.75. The third-order valence-corrected chi connectivity index (χ3v) is 5.63. The first-order valence-corrected chi connectivity index (χ1v) is 9.61. The van der Waals surface area contributed by atoms with Crippen molar-refractivity contribution in [3.8, 4) is 0 Å². The zero-order chi connectivity index (χ0) is 16.9. The minimum absolute atomic E-state index is 0.107. The summed E-state index contributed by atoms with van der Waals surface area (Å²) in [4.78, 5) is 19.1. The summed E-state index contributed by atoms with van der Waals surface area (Å²) >= 11 is 0. The molecule has 1 unspecified atom stereocenters. The van der Waals surface area contributed by atoms with Crippen LogP contribution in [0, 0.1) is 6.92 Å². The molecule has 0 radical (unpaired) electrons. The Morgan fingerprint density at radius 2 is 2.00 bits per heavy atom. The number of carbonyl (C=O) groups is 1. The summed E-state index contributed by atoms with van der Waals surface area (Å²) in [6, 6.07) is 5.61. The van der Waals surface area contributed by atoms with Crippen LogP contribution in [0.15, 0.2) is 12.1 Å². The van der Waals surface area contributed by atoms with Crippen molar-refractivity contribution in [2.75, 3.05) is 13.6 Å². The zero-order valence-corrected chi connectivity index (χ0v) is 15.2. The number of nitrogens with zero attached hydrogens (tertiary/aromatic N) is 2. The van der Waals surface area contributed by atoms with E-state index in [0.29, 0.717) is 12.5 Å². The molecule has 3 rings (SSSR count). The van der Waals surface area contributed by atoms with E-state index in [1.165, 1.54) is 62.7 Å². The van der Waals surface area contributed by atoms with Crippen LogP contribution >= 0.6 is 0 Å². The van der Waals surface area contributed by atoms with Gasteiger partial charge in [-0.05, 0) is 63.3 Å². The molecule has 2 aliphatic rings. The molecule has 24 heavy (non-hydrogen) atoms. The average Bonchev–Trinajstić information content (AvgIpc) is 3.09. The van der Waals surface area contributed by atoms with Crippen molar-refractivity contribution < 1.29 is 4.79 Å². The van der Waals surface area contributed by atoms with Gasteiger partial charge in [0.1, 0.15) is 0 Å². The molecule has 2 fully saturated rings. The SMILES string of the molecule is CNC(=O)CCc1cc(C)nc(C2CCCN2C2CCCCC2)c1. The molecule has 1 saturated carbocycles. The predicted octanol–water partition coefficient (Wildman–Crippen LogP) is 3.54. The fraction of sp³-hybridized carbons (Fsp3) is 0.700. The number of amides is 1. The standard InChI is InChI=1S/C20H31N3O/c1-15-13-16(10-11-20(24)21-2)14-18(22-15)19-9-6-12-23(19)17-7-4-3-5-8-17/h13-14,17,19H,3-12H2,1-2H3,(H,21,24). The summed E-state index contributed by atoms with van der Waals surface area (Å²) in [5.41, 5.74) is 3.55. The highest BCUT2D eigenvalue weighted by Crippen LogP contribution is 2.37. The first-order valence-electron chi connectivity index (χ1n) is 9.61. The van der Waals surface area contributed by atoms with Crippen LogP contribution in [0.5, 0.6) is 0 Å². The maximum absolute atomic E-state index is 11.5. The van der Waals surface area contributed by atoms with E-state index in [1.54, 1.807) is 7.05 Å². The molecule has 1 atom stereocenters. The normalized spacial score (nSPS) is 22.7. The number of hydrogen-bond acceptors (Lipinski definition) is 3. The molecule has 0 spiro atoms. The second kappa shape index (κ2) is 8.11. The fourth-order valence-electron chi connectivity index (χ4n) is 4.42. The van der Waals surface area contributed by atoms with E-state index in [0.717, 1.165) is 18.2 Å². The molecule has 0 bridgehead atoms. The maximum Gasteiger partial charge on any atom is 0.220 e. The highest BCUT2D eigenvalue weighted by atomic mass is 16.1. The van der Waals surface area contributed by atoms with Crippen molar-refractivity contribution in [1.82, 2.24) is 15.2 Å². The molecule has 4 nitrogen and oxygen atoms in total. The van der Waals surface area contributed by atoms with Gasteiger partial charge in [0.15, 0.2) is 0 Å². The molecular formula is C20H31N3O. The van der Waals surface area contributed by atoms with Crippen molar-refractivity contribution in [2.24, 2.45) is 0 Å². The van der Waals surface area contributed by atoms with Gasteiger partial charge in [0, 0.05) is 25.2 Å². The maximum atomic E-state index is 11.5. The number of likely N-dealkylation sites (tertiary alicyclic amines) is 1. The van der Waals surface area contributed by atoms with Gasteiger partial charge in [-0.25, -0.2) is 0 Å². The van der Waals surface area contributed by atoms with Crippen molar-refractivity contribution in [2.45, 2.75) is 76.8 Å². The summed E-state index contributed by atoms with van der Waals surface area (Å²) < 4.78 is 0. The van der Waals surface area contributed by atoms with E-state index in [2.05, 4.69) is 29.3 Å². The Labute approximate surface area is 146 Å². The Balaban J connectivity index is 1.74. The number of carbonyl (C=O) groups excluding carboxylic acids is 1. The molecule has 0 aromatic carbocycles. The number of pyridine rings is 1. The van der Waals surface area contributed by atoms with Crippen LogP contribution in [-0.4, -0.2) is 35.4 Å². The summed E-state index contributed by atoms with van der Waals surface area (Å²) in [6.07, 6.45) is 10.7. The van der Waals surface area contributed by atoms with Gasteiger partial charge in [-0.1, -0.05) is 19.3 Å². The van der Waals surface area contributed by atoms with E-state index < -0.39 is 0 Å². The van der Waals surface area contributed by atoms with E-state index in [1.807, 2.05) is 0 Å². The molecule has 1 amide bonds. The second-order valence-electron chi connectivity index (χ2n) is 7.40. The van der Waals surface area contributed by atoms with E-state index in [4.69, 9.17) is 4.98 Å². The Morgan fingerprint density at radius 1 is 1.21 bits per heavy atom. The minimum atomic E-state index is 0.107. The predicted molar refractivity (Wildman–Crippen MR) is 96.9 cm³/mol. The molecular weight excluding hydrogens is 298 g/mol. The van der Waals surface area contributed by atoms with E-state index >= 15 is 0 Å². The van der Waals surface area contributed by atoms with Crippen LogP contribution in [0.3, 0.4) is 0 Å². The second-order valence-corrected chi connectivity index (χ2v) is 7.40. The molecule has 1 saturated heterocycles. The average molecular weight is 329 g/mol. The summed E-state index contributed by atoms with van der Waals surface area (Å²) in [7, 11) is 1.70. The molecule has 1 N–H and O–H groups in total. The van der Waals surface area contributed by atoms with Crippen LogP contribution in [0.1, 0.15) is 74.4 Å². The van der Waals surface area contributed by atoms with Crippen LogP contribution in [0.4, 0.5) is 0 Å². The molecule has 132 valence electrons. The number of aryl methyl sites for hydroxylation is 2. The molecule has 4 heteroatoms. The molecule has 1 aromatic heterocycles. The lowest BCUT2D eigenvalue weighted by Crippen LogP contribution is -2.36. The lowest BCUT2D eigenvalue weighted by atomic mass is 9.93. The fourth-order valence-corrected chi connectivity index (χ4v) is 4.42. The lowest BCUT2D eigenvalue weighted by Gasteiger charge is -2.35. The quantitative estimate of drug-likeness (QED) is 0.899. The zero-order valence-electron chi connectivity index (χ0n) is 15.2. The smallest absolute Gasteiger partial charge is 0.220 e. The van der Waals surface area contributed by atoms with Crippen molar-refractivity contribution >= 4 is 5.91 Å². The molecule has 1 aliphatic heterocycles. The van der Waals surface area contributed by atoms with Crippen molar-refractivity contribution in [3.63, 3.8) is 0 Å². The van der Waals surface area contributed by atoms with Gasteiger partial charge in [0.05, 0.1) is 11.7 Å². The number of hydrogen-bond donors (Lipinski definition) is 1. The summed E-state index contributed by atoms with van der Waals surface area (Å²) in [5, 5.41) is 2.71. The van der Waals surface area contributed by atoms with Gasteiger partial charge in [-0.15, -0.1) is 0 Å². The van der Waals surface area contributed by atoms with Gasteiger partial charge in [0.25, 0.3) is 0 Å². The van der Waals surface area contributed by atoms with Gasteiger partial charge >= 0.3 is 0 Å². The molecule has 1 aliphatic carbocycles. The minimum Gasteiger partial charge on any atom is -0.359 e. The van der Waals surface area contributed by atoms with Crippen LogP contribution in [0.25, 0.3) is 0 Å². The van der Waals surface area contributed by atoms with Gasteiger partial charge in [-0.3, -0.25) is 14.7 Å². The number of aromatic nitrogens is 1. The Hall–Kier alpha value is -1.42. The Bertz CT molecular complexity index is 566. The summed E-state index contributed by atoms with van der Waals surface area (Å²) in [6.45, 7) is 3.30. The third-order valence-electron chi connectivity index (χ3n) is 5.63. The first kappa shape index (κ1) is 17.4. The first-order chi connectivity index (χ1) is 11.7. The van der Waals surface area contributed by atoms with Gasteiger partial charge in [-0.2, -0.15) is 0 Å². The number of rotatable bonds is 5. The topological polar surface area (TPSA) is 45.2 Å². The molecule has 1 aromatic rings. The van der Waals surface area contributed by atoms with Gasteiger partial charge < -0.3 is 5.32 Å². The highest BCUT2D eigenvalue weighted by Gasteiger charge is 2.33.